The average Bonchev–Trinajstić information content (AvgIpc) is 2.46. The number of hydrogen-bond donors (Lipinski definition) is 0. The van der Waals surface area contributed by atoms with Crippen molar-refractivity contribution in [3.05, 3.63) is 59.7 Å². The summed E-state index contributed by atoms with van der Waals surface area (Å²) in [5, 5.41) is 8.71. The lowest BCUT2D eigenvalue weighted by atomic mass is 10.2. The van der Waals surface area contributed by atoms with Crippen molar-refractivity contribution in [2.75, 3.05) is 19.0 Å². The van der Waals surface area contributed by atoms with Gasteiger partial charge in [-0.3, -0.25) is 0 Å². The summed E-state index contributed by atoms with van der Waals surface area (Å²) in [6.45, 7) is 0.527. The van der Waals surface area contributed by atoms with Crippen molar-refractivity contribution < 1.29 is 4.74 Å². The zero-order valence-corrected chi connectivity index (χ0v) is 11.1. The van der Waals surface area contributed by atoms with E-state index in [1.165, 1.54) is 5.69 Å². The van der Waals surface area contributed by atoms with Crippen molar-refractivity contribution in [1.29, 1.82) is 5.26 Å². The molecule has 0 atom stereocenters. The van der Waals surface area contributed by atoms with Crippen LogP contribution in [-0.4, -0.2) is 14.1 Å². The molecule has 3 nitrogen and oxygen atoms in total. The third-order valence-electron chi connectivity index (χ3n) is 2.84. The van der Waals surface area contributed by atoms with Crippen molar-refractivity contribution in [3.8, 4) is 11.8 Å². The van der Waals surface area contributed by atoms with Crippen LogP contribution in [0.4, 0.5) is 5.69 Å². The molecule has 0 aliphatic rings. The van der Waals surface area contributed by atoms with Crippen LogP contribution < -0.4 is 9.64 Å². The summed E-state index contributed by atoms with van der Waals surface area (Å²) in [5.41, 5.74) is 2.93. The van der Waals surface area contributed by atoms with Gasteiger partial charge >= 0.3 is 0 Å². The fourth-order valence-corrected chi connectivity index (χ4v) is 1.68. The Kier molecular flexibility index (Phi) is 4.04. The van der Waals surface area contributed by atoms with Gasteiger partial charge in [0.1, 0.15) is 12.4 Å². The van der Waals surface area contributed by atoms with Crippen molar-refractivity contribution in [2.45, 2.75) is 6.61 Å². The molecule has 0 fully saturated rings. The van der Waals surface area contributed by atoms with Crippen LogP contribution >= 0.6 is 0 Å². The molecule has 0 N–H and O–H groups in total. The quantitative estimate of drug-likeness (QED) is 0.838. The molecular formula is C16H16N2O. The van der Waals surface area contributed by atoms with E-state index in [1.807, 2.05) is 26.2 Å². The molecule has 19 heavy (non-hydrogen) atoms. The van der Waals surface area contributed by atoms with E-state index in [4.69, 9.17) is 10.00 Å². The molecule has 96 valence electrons. The zero-order valence-electron chi connectivity index (χ0n) is 11.1. The zero-order chi connectivity index (χ0) is 13.7. The number of anilines is 1. The van der Waals surface area contributed by atoms with Crippen LogP contribution in [0.3, 0.4) is 0 Å². The minimum absolute atomic E-state index is 0.527. The first-order chi connectivity index (χ1) is 9.19. The number of rotatable bonds is 4. The predicted molar refractivity (Wildman–Crippen MR) is 76.3 cm³/mol. The molecule has 0 amide bonds. The standard InChI is InChI=1S/C16H16N2O/c1-18(2)15-7-3-14(4-8-15)12-19-16-9-5-13(11-17)6-10-16/h3-10H,12H2,1-2H3. The Morgan fingerprint density at radius 2 is 1.63 bits per heavy atom. The number of benzene rings is 2. The molecule has 2 aromatic rings. The minimum Gasteiger partial charge on any atom is -0.489 e. The molecule has 3 heteroatoms. The van der Waals surface area contributed by atoms with Gasteiger partial charge in [-0.05, 0) is 42.0 Å². The molecule has 0 aromatic heterocycles. The van der Waals surface area contributed by atoms with E-state index in [9.17, 15) is 0 Å². The second-order valence-corrected chi connectivity index (χ2v) is 4.49. The Labute approximate surface area is 113 Å². The summed E-state index contributed by atoms with van der Waals surface area (Å²) in [4.78, 5) is 2.06. The summed E-state index contributed by atoms with van der Waals surface area (Å²) < 4.78 is 5.67. The lowest BCUT2D eigenvalue weighted by molar-refractivity contribution is 0.306. The average molecular weight is 252 g/mol. The van der Waals surface area contributed by atoms with E-state index >= 15 is 0 Å². The fraction of sp³-hybridized carbons (Fsp3) is 0.188. The van der Waals surface area contributed by atoms with Gasteiger partial charge in [-0.15, -0.1) is 0 Å². The SMILES string of the molecule is CN(C)c1ccc(COc2ccc(C#N)cc2)cc1. The molecule has 0 bridgehead atoms. The summed E-state index contributed by atoms with van der Waals surface area (Å²) in [5.74, 6) is 0.774. The predicted octanol–water partition coefficient (Wildman–Crippen LogP) is 3.20. The molecule has 0 aliphatic carbocycles. The summed E-state index contributed by atoms with van der Waals surface area (Å²) in [6.07, 6.45) is 0. The maximum atomic E-state index is 8.71. The largest absolute Gasteiger partial charge is 0.489 e. The molecule has 0 aliphatic heterocycles. The van der Waals surface area contributed by atoms with Gasteiger partial charge in [-0.1, -0.05) is 12.1 Å². The van der Waals surface area contributed by atoms with Gasteiger partial charge in [0, 0.05) is 19.8 Å². The minimum atomic E-state index is 0.527. The van der Waals surface area contributed by atoms with Crippen LogP contribution in [0, 0.1) is 11.3 Å². The van der Waals surface area contributed by atoms with E-state index in [1.54, 1.807) is 12.1 Å². The Morgan fingerprint density at radius 3 is 2.16 bits per heavy atom. The van der Waals surface area contributed by atoms with Crippen LogP contribution in [0.5, 0.6) is 5.75 Å². The van der Waals surface area contributed by atoms with Crippen molar-refractivity contribution in [1.82, 2.24) is 0 Å². The molecule has 0 spiro atoms. The normalized spacial score (nSPS) is 9.74. The maximum absolute atomic E-state index is 8.71. The molecule has 0 heterocycles. The molecule has 0 saturated heterocycles. The second-order valence-electron chi connectivity index (χ2n) is 4.49. The van der Waals surface area contributed by atoms with Crippen LogP contribution in [0.15, 0.2) is 48.5 Å². The van der Waals surface area contributed by atoms with Crippen molar-refractivity contribution in [2.24, 2.45) is 0 Å². The lowest BCUT2D eigenvalue weighted by Gasteiger charge is -2.13. The monoisotopic (exact) mass is 252 g/mol. The number of ether oxygens (including phenoxy) is 1. The first-order valence-electron chi connectivity index (χ1n) is 6.08. The highest BCUT2D eigenvalue weighted by atomic mass is 16.5. The summed E-state index contributed by atoms with van der Waals surface area (Å²) in [7, 11) is 4.03. The van der Waals surface area contributed by atoms with E-state index in [0.29, 0.717) is 12.2 Å². The highest BCUT2D eigenvalue weighted by molar-refractivity contribution is 5.46. The van der Waals surface area contributed by atoms with Gasteiger partial charge < -0.3 is 9.64 Å². The van der Waals surface area contributed by atoms with Crippen LogP contribution in [0.25, 0.3) is 0 Å². The molecular weight excluding hydrogens is 236 g/mol. The van der Waals surface area contributed by atoms with Crippen LogP contribution in [0.1, 0.15) is 11.1 Å². The summed E-state index contributed by atoms with van der Waals surface area (Å²) >= 11 is 0. The van der Waals surface area contributed by atoms with Gasteiger partial charge in [-0.2, -0.15) is 5.26 Å². The number of nitrogens with zero attached hydrogens (tertiary/aromatic N) is 2. The number of nitriles is 1. The van der Waals surface area contributed by atoms with E-state index in [-0.39, 0.29) is 0 Å². The Bertz CT molecular complexity index is 565. The molecule has 2 rings (SSSR count). The van der Waals surface area contributed by atoms with Gasteiger partial charge in [0.2, 0.25) is 0 Å². The first-order valence-corrected chi connectivity index (χ1v) is 6.08. The van der Waals surface area contributed by atoms with E-state index < -0.39 is 0 Å². The Morgan fingerprint density at radius 1 is 1.00 bits per heavy atom. The third kappa shape index (κ3) is 3.49. The Hall–Kier alpha value is -2.47. The summed E-state index contributed by atoms with van der Waals surface area (Å²) in [6, 6.07) is 17.5. The maximum Gasteiger partial charge on any atom is 0.119 e. The molecule has 0 radical (unpaired) electrons. The number of hydrogen-bond acceptors (Lipinski definition) is 3. The fourth-order valence-electron chi connectivity index (χ4n) is 1.68. The second kappa shape index (κ2) is 5.92. The van der Waals surface area contributed by atoms with Gasteiger partial charge in [-0.25, -0.2) is 0 Å². The Balaban J connectivity index is 1.96. The third-order valence-corrected chi connectivity index (χ3v) is 2.84. The highest BCUT2D eigenvalue weighted by Gasteiger charge is 1.98. The molecule has 2 aromatic carbocycles. The van der Waals surface area contributed by atoms with Gasteiger partial charge in [0.25, 0.3) is 0 Å². The van der Waals surface area contributed by atoms with E-state index in [0.717, 1.165) is 11.3 Å². The molecule has 0 unspecified atom stereocenters. The van der Waals surface area contributed by atoms with E-state index in [2.05, 4.69) is 35.2 Å². The molecule has 0 saturated carbocycles. The van der Waals surface area contributed by atoms with Crippen LogP contribution in [0.2, 0.25) is 0 Å². The van der Waals surface area contributed by atoms with Gasteiger partial charge in [0.05, 0.1) is 11.6 Å². The highest BCUT2D eigenvalue weighted by Crippen LogP contribution is 2.16. The lowest BCUT2D eigenvalue weighted by Crippen LogP contribution is -2.08. The smallest absolute Gasteiger partial charge is 0.119 e. The van der Waals surface area contributed by atoms with Gasteiger partial charge in [0.15, 0.2) is 0 Å². The van der Waals surface area contributed by atoms with Crippen molar-refractivity contribution >= 4 is 5.69 Å². The van der Waals surface area contributed by atoms with Crippen LogP contribution in [-0.2, 0) is 6.61 Å². The first kappa shape index (κ1) is 13.0. The topological polar surface area (TPSA) is 36.3 Å². The van der Waals surface area contributed by atoms with Crippen molar-refractivity contribution in [3.63, 3.8) is 0 Å².